The van der Waals surface area contributed by atoms with Crippen LogP contribution in [0.5, 0.6) is 0 Å². The third-order valence-corrected chi connectivity index (χ3v) is 4.30. The van der Waals surface area contributed by atoms with Crippen molar-refractivity contribution in [3.63, 3.8) is 0 Å². The van der Waals surface area contributed by atoms with Crippen LogP contribution in [0.25, 0.3) is 32.9 Å². The van der Waals surface area contributed by atoms with Gasteiger partial charge in [0.15, 0.2) is 5.65 Å². The summed E-state index contributed by atoms with van der Waals surface area (Å²) in [4.78, 5) is 16.4. The number of pyridine rings is 2. The molecule has 8 heteroatoms. The third-order valence-electron chi connectivity index (χ3n) is 4.30. The van der Waals surface area contributed by atoms with Crippen LogP contribution in [-0.4, -0.2) is 34.3 Å². The number of hydrogen-bond donors (Lipinski definition) is 0. The van der Waals surface area contributed by atoms with Crippen LogP contribution in [0.1, 0.15) is 5.56 Å². The van der Waals surface area contributed by atoms with E-state index >= 15 is 0 Å². The van der Waals surface area contributed by atoms with Crippen LogP contribution in [0.3, 0.4) is 0 Å². The molecule has 0 saturated carbocycles. The molecule has 0 aliphatic carbocycles. The molecule has 0 aliphatic rings. The second-order valence-corrected chi connectivity index (χ2v) is 6.04. The van der Waals surface area contributed by atoms with E-state index in [0.29, 0.717) is 29.4 Å². The molecule has 0 N–H and O–H groups in total. The zero-order valence-electron chi connectivity index (χ0n) is 14.1. The average molecular weight is 352 g/mol. The minimum Gasteiger partial charge on any atom is -0.361 e. The Bertz CT molecular complexity index is 1310. The number of aromatic nitrogens is 7. The van der Waals surface area contributed by atoms with E-state index in [-0.39, 0.29) is 0 Å². The molecule has 0 spiro atoms. The smallest absolute Gasteiger partial charge is 0.269 e. The number of rotatable bonds is 3. The van der Waals surface area contributed by atoms with Crippen molar-refractivity contribution in [2.75, 3.05) is 0 Å². The molecule has 5 rings (SSSR count). The molecule has 8 nitrogen and oxygen atoms in total. The molecule has 0 unspecified atom stereocenters. The minimum atomic E-state index is 0.347. The monoisotopic (exact) mass is 352 g/mol. The summed E-state index contributed by atoms with van der Waals surface area (Å²) in [6.45, 7) is 7.53. The SMILES string of the molecule is [C-]#[N+]c1ccc(-c2cnc3nnn(Cc4ccc5cccn5c4)c3n2)cn1. The highest BCUT2D eigenvalue weighted by atomic mass is 15.4. The van der Waals surface area contributed by atoms with Crippen molar-refractivity contribution in [2.45, 2.75) is 6.54 Å². The maximum Gasteiger partial charge on any atom is 0.269 e. The van der Waals surface area contributed by atoms with Gasteiger partial charge in [-0.3, -0.25) is 0 Å². The van der Waals surface area contributed by atoms with Crippen LogP contribution < -0.4 is 0 Å². The summed E-state index contributed by atoms with van der Waals surface area (Å²) in [6.07, 6.45) is 7.34. The topological polar surface area (TPSA) is 78.2 Å². The van der Waals surface area contributed by atoms with Gasteiger partial charge in [-0.05, 0) is 29.8 Å². The predicted octanol–water partition coefficient (Wildman–Crippen LogP) is 3.14. The zero-order valence-corrected chi connectivity index (χ0v) is 14.1. The molecule has 0 radical (unpaired) electrons. The van der Waals surface area contributed by atoms with Gasteiger partial charge in [-0.25, -0.2) is 14.6 Å². The quantitative estimate of drug-likeness (QED) is 0.466. The molecular weight excluding hydrogens is 340 g/mol. The van der Waals surface area contributed by atoms with Gasteiger partial charge in [0.2, 0.25) is 5.65 Å². The van der Waals surface area contributed by atoms with E-state index in [1.54, 1.807) is 23.1 Å². The summed E-state index contributed by atoms with van der Waals surface area (Å²) in [6, 6.07) is 11.7. The lowest BCUT2D eigenvalue weighted by Gasteiger charge is -2.04. The standard InChI is InChI=1S/C19H12N8/c1-20-17-7-5-14(9-21-17)16-10-22-18-19(23-16)27(25-24-18)12-13-4-6-15-3-2-8-26(15)11-13/h2-11H,12H2. The van der Waals surface area contributed by atoms with E-state index in [2.05, 4.69) is 58.9 Å². The maximum atomic E-state index is 6.99. The lowest BCUT2D eigenvalue weighted by molar-refractivity contribution is 0.662. The maximum absolute atomic E-state index is 6.99. The summed E-state index contributed by atoms with van der Waals surface area (Å²) in [5, 5.41) is 8.30. The van der Waals surface area contributed by atoms with Crippen molar-refractivity contribution in [3.8, 4) is 11.3 Å². The summed E-state index contributed by atoms with van der Waals surface area (Å²) < 4.78 is 3.80. The molecule has 0 atom stereocenters. The van der Waals surface area contributed by atoms with Crippen molar-refractivity contribution in [1.29, 1.82) is 0 Å². The van der Waals surface area contributed by atoms with Gasteiger partial charge in [-0.2, -0.15) is 0 Å². The Hall–Kier alpha value is -4.12. The van der Waals surface area contributed by atoms with Gasteiger partial charge in [0.1, 0.15) is 6.20 Å². The van der Waals surface area contributed by atoms with Crippen LogP contribution in [0.15, 0.2) is 61.2 Å². The van der Waals surface area contributed by atoms with Crippen molar-refractivity contribution in [3.05, 3.63) is 78.2 Å². The lowest BCUT2D eigenvalue weighted by Crippen LogP contribution is -2.04. The minimum absolute atomic E-state index is 0.347. The molecule has 0 aliphatic heterocycles. The van der Waals surface area contributed by atoms with E-state index in [0.717, 1.165) is 16.6 Å². The highest BCUT2D eigenvalue weighted by Crippen LogP contribution is 2.20. The Morgan fingerprint density at radius 2 is 2.00 bits per heavy atom. The largest absolute Gasteiger partial charge is 0.361 e. The van der Waals surface area contributed by atoms with Gasteiger partial charge in [-0.15, -0.1) is 10.1 Å². The summed E-state index contributed by atoms with van der Waals surface area (Å²) >= 11 is 0. The van der Waals surface area contributed by atoms with Crippen LogP contribution in [0.2, 0.25) is 0 Å². The molecule has 5 heterocycles. The summed E-state index contributed by atoms with van der Waals surface area (Å²) in [5.41, 5.74) is 4.77. The number of fused-ring (bicyclic) bond motifs is 2. The van der Waals surface area contributed by atoms with Crippen LogP contribution >= 0.6 is 0 Å². The van der Waals surface area contributed by atoms with Gasteiger partial charge in [0.05, 0.1) is 18.4 Å². The molecule has 27 heavy (non-hydrogen) atoms. The highest BCUT2D eigenvalue weighted by Gasteiger charge is 2.11. The molecule has 0 bridgehead atoms. The second-order valence-electron chi connectivity index (χ2n) is 6.04. The molecule has 0 amide bonds. The Balaban J connectivity index is 1.53. The van der Waals surface area contributed by atoms with Gasteiger partial charge < -0.3 is 9.25 Å². The van der Waals surface area contributed by atoms with E-state index in [1.807, 2.05) is 18.3 Å². The Labute approximate surface area is 153 Å². The summed E-state index contributed by atoms with van der Waals surface area (Å²) in [5.74, 6) is 0.347. The first-order valence-corrected chi connectivity index (χ1v) is 8.26. The molecule has 0 aromatic carbocycles. The molecule has 0 fully saturated rings. The Kier molecular flexibility index (Phi) is 3.37. The van der Waals surface area contributed by atoms with Crippen LogP contribution in [-0.2, 0) is 6.54 Å². The molecule has 5 aromatic rings. The van der Waals surface area contributed by atoms with Crippen molar-refractivity contribution in [2.24, 2.45) is 0 Å². The molecular formula is C19H12N8. The van der Waals surface area contributed by atoms with Gasteiger partial charge in [-0.1, -0.05) is 23.9 Å². The Morgan fingerprint density at radius 3 is 2.85 bits per heavy atom. The first-order valence-electron chi connectivity index (χ1n) is 8.26. The van der Waals surface area contributed by atoms with Crippen LogP contribution in [0.4, 0.5) is 5.82 Å². The normalized spacial score (nSPS) is 11.1. The fourth-order valence-corrected chi connectivity index (χ4v) is 2.95. The third kappa shape index (κ3) is 2.67. The van der Waals surface area contributed by atoms with Crippen molar-refractivity contribution >= 4 is 22.6 Å². The molecule has 5 aromatic heterocycles. The van der Waals surface area contributed by atoms with Crippen molar-refractivity contribution in [1.82, 2.24) is 34.3 Å². The van der Waals surface area contributed by atoms with E-state index in [9.17, 15) is 0 Å². The van der Waals surface area contributed by atoms with Crippen molar-refractivity contribution < 1.29 is 0 Å². The Morgan fingerprint density at radius 1 is 1.04 bits per heavy atom. The van der Waals surface area contributed by atoms with Gasteiger partial charge >= 0.3 is 0 Å². The molecule has 128 valence electrons. The number of nitrogens with zero attached hydrogens (tertiary/aromatic N) is 8. The van der Waals surface area contributed by atoms with E-state index < -0.39 is 0 Å². The van der Waals surface area contributed by atoms with E-state index in [1.165, 1.54) is 0 Å². The fraction of sp³-hybridized carbons (Fsp3) is 0.0526. The fourth-order valence-electron chi connectivity index (χ4n) is 2.95. The highest BCUT2D eigenvalue weighted by molar-refractivity contribution is 5.70. The number of hydrogen-bond acceptors (Lipinski definition) is 5. The second kappa shape index (κ2) is 6.00. The van der Waals surface area contributed by atoms with Crippen LogP contribution in [0, 0.1) is 6.57 Å². The summed E-state index contributed by atoms with van der Waals surface area (Å²) in [7, 11) is 0. The first kappa shape index (κ1) is 15.2. The molecule has 0 saturated heterocycles. The van der Waals surface area contributed by atoms with Gasteiger partial charge in [0.25, 0.3) is 5.82 Å². The predicted molar refractivity (Wildman–Crippen MR) is 99.1 cm³/mol. The lowest BCUT2D eigenvalue weighted by atomic mass is 10.2. The van der Waals surface area contributed by atoms with Gasteiger partial charge in [0, 0.05) is 23.5 Å². The zero-order chi connectivity index (χ0) is 18.2. The average Bonchev–Trinajstić information content (AvgIpc) is 3.34. The van der Waals surface area contributed by atoms with E-state index in [4.69, 9.17) is 6.57 Å². The first-order chi connectivity index (χ1) is 13.3.